The molecule has 4 unspecified atom stereocenters. The number of aliphatic carboxylic acids is 1. The Bertz CT molecular complexity index is 6520. The van der Waals surface area contributed by atoms with Gasteiger partial charge in [-0.15, -0.1) is 17.3 Å². The third kappa shape index (κ3) is 32.7. The fourth-order valence-corrected chi connectivity index (χ4v) is 16.3. The van der Waals surface area contributed by atoms with Crippen LogP contribution < -0.4 is 57.8 Å². The Labute approximate surface area is 864 Å². The van der Waals surface area contributed by atoms with Crippen LogP contribution in [0.25, 0.3) is 5.53 Å². The molecule has 5 aliphatic rings. The Hall–Kier alpha value is -16.2. The van der Waals surface area contributed by atoms with Crippen molar-refractivity contribution in [3.8, 4) is 0 Å². The number of benzene rings is 6. The second-order valence-electron chi connectivity index (χ2n) is 32.6. The third-order valence-electron chi connectivity index (χ3n) is 22.5. The van der Waals surface area contributed by atoms with Crippen molar-refractivity contribution in [2.75, 3.05) is 83.3 Å². The van der Waals surface area contributed by atoms with Gasteiger partial charge < -0.3 is 93.3 Å². The molecule has 11 heterocycles. The SMILES string of the molecule is C.CC1CN(C(=O)c2ccc[nH]2)Cc2c(C(=O)Nc3ccc(N)cc3)nn(Cc3ccc(F)cc3)c21.CC1CN(C(=O)c2ccc[nH]2)Cc2c(C(=O)O)nn(Cc3ccc(F)cc3)c21.CCOC(=O)c1nn(Cc2ccc(F)cc2)c2c1CN(C(=O)c1ccc[nH]1)CC2C.CCOC(=O)c1nn(Cc2ccc(F)cc2)c2c1CNCC2C.CO.Cl.Nc1ccc(N)cc1.O=C(O)C1=CC=CC1.[2H]CF.[2H]CF.[Li+].[N-]=NNNN=O. The van der Waals surface area contributed by atoms with Crippen LogP contribution in [0.1, 0.15) is 223 Å². The molecule has 147 heavy (non-hydrogen) atoms. The first-order valence-corrected chi connectivity index (χ1v) is 44.8. The average molecular weight is 2050 g/mol. The van der Waals surface area contributed by atoms with Gasteiger partial charge >= 0.3 is 42.7 Å². The molecule has 18 rings (SSSR count). The van der Waals surface area contributed by atoms with Crippen LogP contribution in [0.4, 0.5) is 49.1 Å². The minimum atomic E-state index is -1.13. The molecule has 0 bridgehead atoms. The molecule has 0 saturated heterocycles. The van der Waals surface area contributed by atoms with E-state index in [0.717, 1.165) is 75.6 Å². The summed E-state index contributed by atoms with van der Waals surface area (Å²) in [5.41, 5.74) is 42.6. The number of aromatic carboxylic acids is 1. The number of halogens is 7. The fraction of sp³-hybridized carbons (Fsp3) is 0.287. The molecule has 0 spiro atoms. The molecule has 4 aliphatic heterocycles. The van der Waals surface area contributed by atoms with Crippen molar-refractivity contribution in [1.82, 2.24) is 85.2 Å². The van der Waals surface area contributed by atoms with Crippen LogP contribution in [0, 0.1) is 28.2 Å². The summed E-state index contributed by atoms with van der Waals surface area (Å²) in [6, 6.07) is 49.2. The standard InChI is InChI=1S/C26H25FN6O2.C22H23FN4O3.C20H19FN4O3.C17H20FN3O2.C6H8N2.C6H6O2.2CH3F.CH4O.CH4.ClH.Li.H2N5O/c1-16-13-32(26(35)22-3-2-12-29-22)15-21-23(25(34)30-20-10-8-19(28)9-11-20)31-33(24(16)21)14-17-4-6-18(27)7-5-17;1-3-30-22(29)19-17-13-26(21(28)18-5-4-10-24-18)11-14(2)20(17)27(25-19)12-15-6-8-16(23)9-7-15;1-12-9-24(19(26)16-3-2-8-22-16)11-15-17(20(27)28)23-25(18(12)15)10-13-4-6-14(21)7-5-13;1-3-23-17(22)15-14-9-19-8-11(2)16(14)21(20-15)10-12-4-6-13(18)7-5-12;7-5-1-2-6(8)4-3-5;7-6(8)5-3-1-2-4-5;3*1-2;;;;1-2-3-4-5-6/h2-12,16,29H,13-15,28H2,1H3,(H,30,34);4-10,14,24H,3,11-13H2,1-2H3;2-8,12,22H,9-11H2,1H3,(H,27,28);4-7,11,19H,3,8-10H2,1-2H3;1-4H,7-8H2;1-3H,4H2,(H,7,8);2*1H3;2H,1H3;1H4;1H;;(H2-,1,2,3,4,5,6)/q;;;;;;;;;;;+1;-1/i;;;;;;2*1D;;;;;. The van der Waals surface area contributed by atoms with Crippen molar-refractivity contribution in [1.29, 1.82) is 0 Å². The van der Waals surface area contributed by atoms with E-state index in [1.807, 2.05) is 31.5 Å². The summed E-state index contributed by atoms with van der Waals surface area (Å²) in [6.45, 7) is 17.4. The van der Waals surface area contributed by atoms with Gasteiger partial charge in [-0.05, 0) is 176 Å². The van der Waals surface area contributed by atoms with E-state index in [1.165, 1.54) is 48.5 Å². The van der Waals surface area contributed by atoms with Gasteiger partial charge in [0.2, 0.25) is 0 Å². The number of amides is 4. The summed E-state index contributed by atoms with van der Waals surface area (Å²) >= 11 is 0. The first-order valence-electron chi connectivity index (χ1n) is 46.3. The van der Waals surface area contributed by atoms with E-state index in [-0.39, 0.29) is 153 Å². The molecule has 4 atom stereocenters. The number of H-pyrrole nitrogens is 3. The zero-order chi connectivity index (χ0) is 106. The van der Waals surface area contributed by atoms with Gasteiger partial charge in [-0.2, -0.15) is 20.4 Å². The summed E-state index contributed by atoms with van der Waals surface area (Å²) < 4.78 is 101. The fourth-order valence-electron chi connectivity index (χ4n) is 16.3. The Morgan fingerprint density at radius 1 is 0.483 bits per heavy atom. The maximum atomic E-state index is 13.4. The number of fused-ring (bicyclic) bond motifs is 4. The number of aliphatic hydroxyl groups excluding tert-OH is 1. The smallest absolute Gasteiger partial charge is 0.478 e. The molecule has 0 radical (unpaired) electrons. The number of hydrogen-bond donors (Lipinski definition) is 13. The molecule has 38 nitrogen and oxygen atoms in total. The van der Waals surface area contributed by atoms with Crippen LogP contribution in [-0.2, 0) is 66.6 Å². The number of hydrazine groups is 1. The minimum Gasteiger partial charge on any atom is -0.478 e. The molecule has 776 valence electrons. The molecular formula is C101H118ClF6LiN24O14. The van der Waals surface area contributed by atoms with Crippen molar-refractivity contribution >= 4 is 82.7 Å². The van der Waals surface area contributed by atoms with Crippen molar-refractivity contribution in [2.24, 2.45) is 10.5 Å². The number of anilines is 4. The van der Waals surface area contributed by atoms with E-state index in [0.29, 0.717) is 122 Å². The van der Waals surface area contributed by atoms with Crippen molar-refractivity contribution in [3.05, 3.63) is 365 Å². The number of aromatic amines is 3. The summed E-state index contributed by atoms with van der Waals surface area (Å²) in [7, 11) is -1.00. The number of hydrogen-bond acceptors (Lipinski definition) is 22. The van der Waals surface area contributed by atoms with Gasteiger partial charge in [0.1, 0.15) is 40.4 Å². The number of ether oxygens (including phenoxy) is 2. The summed E-state index contributed by atoms with van der Waals surface area (Å²) in [6.07, 6.45) is 10.9. The Balaban J connectivity index is 0.000000276. The predicted molar refractivity (Wildman–Crippen MR) is 539 cm³/mol. The van der Waals surface area contributed by atoms with Crippen LogP contribution in [0.2, 0.25) is 0 Å². The zero-order valence-electron chi connectivity index (χ0n) is 83.1. The van der Waals surface area contributed by atoms with Gasteiger partial charge in [0, 0.05) is 155 Å². The topological polar surface area (TPSA) is 534 Å². The van der Waals surface area contributed by atoms with Crippen LogP contribution in [0.5, 0.6) is 0 Å². The number of nitrogen functional groups attached to an aromatic ring is 3. The van der Waals surface area contributed by atoms with Gasteiger partial charge in [-0.3, -0.25) is 51.9 Å². The number of carbonyl (C=O) groups excluding carboxylic acids is 6. The number of alkyl halides is 2. The van der Waals surface area contributed by atoms with Crippen molar-refractivity contribution in [3.63, 3.8) is 0 Å². The maximum absolute atomic E-state index is 13.4. The zero-order valence-corrected chi connectivity index (χ0v) is 81.9. The second-order valence-corrected chi connectivity index (χ2v) is 32.6. The van der Waals surface area contributed by atoms with Crippen LogP contribution in [0.15, 0.2) is 235 Å². The molecule has 6 aromatic carbocycles. The second kappa shape index (κ2) is 59.2. The molecule has 16 N–H and O–H groups in total. The average Bonchev–Trinajstić information content (AvgIpc) is 1.65. The Morgan fingerprint density at radius 2 is 0.803 bits per heavy atom. The minimum absolute atomic E-state index is 0. The number of nitrogens with zero attached hydrogens (tertiary/aromatic N) is 14. The molecule has 46 heteroatoms. The first kappa shape index (κ1) is 116. The monoisotopic (exact) mass is 2050 g/mol. The number of rotatable bonds is 22. The maximum Gasteiger partial charge on any atom is 1.00 e. The number of aliphatic hydroxyl groups is 1. The van der Waals surface area contributed by atoms with Crippen molar-refractivity contribution < 1.29 is 111 Å². The molecular weight excluding hydrogens is 1930 g/mol. The first-order chi connectivity index (χ1) is 70.2. The van der Waals surface area contributed by atoms with E-state index in [4.69, 9.17) is 50.1 Å². The number of carboxylic acid groups (broad SMARTS) is 2. The van der Waals surface area contributed by atoms with Crippen LogP contribution in [-0.4, -0.2) is 192 Å². The predicted octanol–water partition coefficient (Wildman–Crippen LogP) is 13.0. The van der Waals surface area contributed by atoms with E-state index in [1.54, 1.807) is 218 Å². The van der Waals surface area contributed by atoms with Crippen LogP contribution in [0.3, 0.4) is 0 Å². The summed E-state index contributed by atoms with van der Waals surface area (Å²) in [5.74, 6) is -4.81. The van der Waals surface area contributed by atoms with Crippen LogP contribution >= 0.6 is 12.4 Å². The van der Waals surface area contributed by atoms with Crippen molar-refractivity contribution in [2.45, 2.75) is 131 Å². The van der Waals surface area contributed by atoms with Gasteiger partial charge in [0.25, 0.3) is 23.6 Å². The number of allylic oxidation sites excluding steroid dienone is 3. The van der Waals surface area contributed by atoms with E-state index >= 15 is 0 Å². The number of carbonyl (C=O) groups is 8. The molecule has 4 amide bonds. The molecule has 7 aromatic heterocycles. The summed E-state index contributed by atoms with van der Waals surface area (Å²) in [4.78, 5) is 121. The molecule has 0 saturated carbocycles. The van der Waals surface area contributed by atoms with E-state index in [2.05, 4.69) is 63.4 Å². The number of nitrogens with two attached hydrogens (primary N) is 3. The van der Waals surface area contributed by atoms with Gasteiger partial charge in [0.05, 0.1) is 81.4 Å². The number of aromatic nitrogens is 11. The Kier molecular flexibility index (Phi) is 46.7. The quantitative estimate of drug-likeness (QED) is 0.00438. The molecule has 0 fully saturated rings. The number of nitroso groups, excluding NO2 is 1. The summed E-state index contributed by atoms with van der Waals surface area (Å²) in [5, 5.41) is 53.4. The normalized spacial score (nSPS) is 14.4. The van der Waals surface area contributed by atoms with Gasteiger partial charge in [-0.25, -0.2) is 42.3 Å². The Morgan fingerprint density at radius 3 is 1.10 bits per heavy atom. The van der Waals surface area contributed by atoms with Gasteiger partial charge in [0.15, 0.2) is 22.8 Å². The van der Waals surface area contributed by atoms with E-state index in [9.17, 15) is 69.8 Å². The van der Waals surface area contributed by atoms with E-state index < -0.39 is 38.2 Å². The number of carboxylic acids is 2. The molecule has 13 aromatic rings. The van der Waals surface area contributed by atoms with Gasteiger partial charge in [-0.1, -0.05) is 102 Å². The molecule has 1 aliphatic carbocycles. The number of esters is 2. The number of nitrogens with one attached hydrogen (secondary N) is 7. The largest absolute Gasteiger partial charge is 1.00 e. The third-order valence-corrected chi connectivity index (χ3v) is 22.5.